The number of hydrogen-bond donors (Lipinski definition) is 0. The van der Waals surface area contributed by atoms with Gasteiger partial charge in [-0.1, -0.05) is 59.8 Å². The van der Waals surface area contributed by atoms with E-state index in [0.29, 0.717) is 0 Å². The third-order valence-corrected chi connectivity index (χ3v) is 3.22. The fourth-order valence-corrected chi connectivity index (χ4v) is 2.35. The highest BCUT2D eigenvalue weighted by Gasteiger charge is 2.00. The van der Waals surface area contributed by atoms with E-state index in [-0.39, 0.29) is 0 Å². The van der Waals surface area contributed by atoms with Crippen LogP contribution in [0.2, 0.25) is 0 Å². The first kappa shape index (κ1) is 8.68. The lowest BCUT2D eigenvalue weighted by molar-refractivity contribution is 1.79. The van der Waals surface area contributed by atoms with Crippen LogP contribution in [0.3, 0.4) is 0 Å². The van der Waals surface area contributed by atoms with Crippen molar-refractivity contribution in [1.29, 1.82) is 0 Å². The molecule has 3 aromatic carbocycles. The van der Waals surface area contributed by atoms with Gasteiger partial charge >= 0.3 is 0 Å². The quantitative estimate of drug-likeness (QED) is 0.391. The second-order valence-corrected chi connectivity index (χ2v) is 4.23. The molecule has 0 saturated carbocycles. The Morgan fingerprint density at radius 3 is 2.33 bits per heavy atom. The van der Waals surface area contributed by atoms with Gasteiger partial charge in [-0.3, -0.25) is 0 Å². The van der Waals surface area contributed by atoms with Gasteiger partial charge in [0.1, 0.15) is 0 Å². The maximum Gasteiger partial charge on any atom is 0.0720 e. The van der Waals surface area contributed by atoms with E-state index in [1.807, 2.05) is 0 Å². The number of benzene rings is 3. The highest BCUT2D eigenvalue weighted by atomic mass is 28.1. The summed E-state index contributed by atoms with van der Waals surface area (Å²) in [5, 5.41) is 6.34. The highest BCUT2D eigenvalue weighted by molar-refractivity contribution is 6.39. The summed E-state index contributed by atoms with van der Waals surface area (Å²) in [5.41, 5.74) is 0. The molecule has 0 atom stereocenters. The Bertz CT molecular complexity index is 641. The monoisotopic (exact) mass is 205 g/mol. The molecule has 15 heavy (non-hydrogen) atoms. The molecule has 0 fully saturated rings. The van der Waals surface area contributed by atoms with Crippen LogP contribution in [0.1, 0.15) is 0 Å². The fraction of sp³-hybridized carbons (Fsp3) is 0. The van der Waals surface area contributed by atoms with Crippen LogP contribution in [0.4, 0.5) is 0 Å². The molecule has 0 heterocycles. The Morgan fingerprint density at radius 1 is 0.600 bits per heavy atom. The normalized spacial score (nSPS) is 11.0. The molecule has 0 aromatic heterocycles. The molecule has 69 valence electrons. The van der Waals surface area contributed by atoms with Crippen molar-refractivity contribution in [3.63, 3.8) is 0 Å². The highest BCUT2D eigenvalue weighted by Crippen LogP contribution is 2.23. The largest absolute Gasteiger partial charge is 0.0720 e. The van der Waals surface area contributed by atoms with Gasteiger partial charge in [-0.2, -0.15) is 0 Å². The Labute approximate surface area is 92.0 Å². The second kappa shape index (κ2) is 3.21. The van der Waals surface area contributed by atoms with E-state index >= 15 is 0 Å². The standard InChI is InChI=1S/C14H9Si/c15-14-7-3-6-12-11-5-2-1-4-10(11)8-9-13(12)14/h1-9H. The van der Waals surface area contributed by atoms with Gasteiger partial charge in [-0.25, -0.2) is 0 Å². The van der Waals surface area contributed by atoms with Crippen LogP contribution in [0.25, 0.3) is 21.5 Å². The van der Waals surface area contributed by atoms with Crippen molar-refractivity contribution in [3.8, 4) is 0 Å². The van der Waals surface area contributed by atoms with E-state index in [1.165, 1.54) is 21.5 Å². The zero-order valence-corrected chi connectivity index (χ0v) is 9.20. The van der Waals surface area contributed by atoms with Gasteiger partial charge in [0.05, 0.1) is 10.2 Å². The summed E-state index contributed by atoms with van der Waals surface area (Å²) in [6.07, 6.45) is 0. The van der Waals surface area contributed by atoms with Crippen LogP contribution in [0.5, 0.6) is 0 Å². The lowest BCUT2D eigenvalue weighted by atomic mass is 10.0. The lowest BCUT2D eigenvalue weighted by Crippen LogP contribution is -2.02. The molecule has 3 rings (SSSR count). The van der Waals surface area contributed by atoms with Crippen LogP contribution in [-0.4, -0.2) is 10.2 Å². The van der Waals surface area contributed by atoms with Gasteiger partial charge in [-0.05, 0) is 21.5 Å². The maximum absolute atomic E-state index is 3.64. The molecule has 0 unspecified atom stereocenters. The molecule has 0 bridgehead atoms. The molecule has 3 aromatic rings. The van der Waals surface area contributed by atoms with Crippen LogP contribution in [-0.2, 0) is 0 Å². The summed E-state index contributed by atoms with van der Waals surface area (Å²) in [4.78, 5) is 0. The summed E-state index contributed by atoms with van der Waals surface area (Å²) in [6, 6.07) is 19.1. The molecular formula is C14H9Si. The predicted molar refractivity (Wildman–Crippen MR) is 66.8 cm³/mol. The molecule has 0 saturated heterocycles. The molecular weight excluding hydrogens is 196 g/mol. The zero-order valence-electron chi connectivity index (χ0n) is 8.20. The smallest absolute Gasteiger partial charge is 0.0632 e. The summed E-state index contributed by atoms with van der Waals surface area (Å²) in [5.74, 6) is 0. The van der Waals surface area contributed by atoms with Crippen molar-refractivity contribution in [2.45, 2.75) is 0 Å². The molecule has 0 N–H and O–H groups in total. The van der Waals surface area contributed by atoms with Gasteiger partial charge in [0.25, 0.3) is 0 Å². The Kier molecular flexibility index (Phi) is 1.86. The SMILES string of the molecule is [Si]c1cccc2c1ccc1ccccc12. The zero-order chi connectivity index (χ0) is 10.3. The van der Waals surface area contributed by atoms with Gasteiger partial charge < -0.3 is 0 Å². The lowest BCUT2D eigenvalue weighted by Gasteiger charge is -2.05. The average Bonchev–Trinajstić information content (AvgIpc) is 2.29. The minimum atomic E-state index is 1.15. The van der Waals surface area contributed by atoms with E-state index < -0.39 is 0 Å². The molecule has 0 aliphatic heterocycles. The molecule has 0 aliphatic carbocycles. The Balaban J connectivity index is 2.60. The number of hydrogen-bond acceptors (Lipinski definition) is 0. The topological polar surface area (TPSA) is 0 Å². The Morgan fingerprint density at radius 2 is 1.40 bits per heavy atom. The molecule has 0 aliphatic rings. The summed E-state index contributed by atoms with van der Waals surface area (Å²) in [7, 11) is 3.64. The van der Waals surface area contributed by atoms with Gasteiger partial charge in [0.2, 0.25) is 0 Å². The van der Waals surface area contributed by atoms with Gasteiger partial charge in [0.15, 0.2) is 0 Å². The Hall–Kier alpha value is -1.60. The summed E-state index contributed by atoms with van der Waals surface area (Å²) < 4.78 is 0. The first-order valence-corrected chi connectivity index (χ1v) is 5.48. The van der Waals surface area contributed by atoms with Crippen LogP contribution in [0.15, 0.2) is 54.6 Å². The predicted octanol–water partition coefficient (Wildman–Crippen LogP) is 2.79. The third kappa shape index (κ3) is 1.28. The fourth-order valence-electron chi connectivity index (χ4n) is 2.04. The van der Waals surface area contributed by atoms with Crippen molar-refractivity contribution in [2.75, 3.05) is 0 Å². The molecule has 0 nitrogen and oxygen atoms in total. The average molecular weight is 205 g/mol. The summed E-state index contributed by atoms with van der Waals surface area (Å²) >= 11 is 0. The second-order valence-electron chi connectivity index (χ2n) is 3.69. The van der Waals surface area contributed by atoms with E-state index in [0.717, 1.165) is 5.19 Å². The van der Waals surface area contributed by atoms with Crippen molar-refractivity contribution in [1.82, 2.24) is 0 Å². The first-order chi connectivity index (χ1) is 7.36. The van der Waals surface area contributed by atoms with Crippen molar-refractivity contribution in [2.24, 2.45) is 0 Å². The third-order valence-electron chi connectivity index (χ3n) is 2.79. The first-order valence-electron chi connectivity index (χ1n) is 4.98. The van der Waals surface area contributed by atoms with Crippen molar-refractivity contribution >= 4 is 37.0 Å². The van der Waals surface area contributed by atoms with Crippen LogP contribution >= 0.6 is 0 Å². The van der Waals surface area contributed by atoms with Crippen molar-refractivity contribution in [3.05, 3.63) is 54.6 Å². The summed E-state index contributed by atoms with van der Waals surface area (Å²) in [6.45, 7) is 0. The minimum Gasteiger partial charge on any atom is -0.0632 e. The van der Waals surface area contributed by atoms with Gasteiger partial charge in [-0.15, -0.1) is 0 Å². The van der Waals surface area contributed by atoms with Gasteiger partial charge in [0, 0.05) is 0 Å². The number of fused-ring (bicyclic) bond motifs is 3. The minimum absolute atomic E-state index is 1.15. The van der Waals surface area contributed by atoms with Crippen molar-refractivity contribution < 1.29 is 0 Å². The van der Waals surface area contributed by atoms with Crippen LogP contribution < -0.4 is 5.19 Å². The van der Waals surface area contributed by atoms with Crippen LogP contribution in [0, 0.1) is 0 Å². The molecule has 3 radical (unpaired) electrons. The number of rotatable bonds is 0. The van der Waals surface area contributed by atoms with E-state index in [4.69, 9.17) is 0 Å². The molecule has 0 amide bonds. The molecule has 1 heteroatoms. The molecule has 0 spiro atoms. The van der Waals surface area contributed by atoms with E-state index in [2.05, 4.69) is 64.8 Å². The van der Waals surface area contributed by atoms with E-state index in [9.17, 15) is 0 Å². The van der Waals surface area contributed by atoms with E-state index in [1.54, 1.807) is 0 Å². The maximum atomic E-state index is 3.64.